The lowest BCUT2D eigenvalue weighted by molar-refractivity contribution is -0.0162. The third kappa shape index (κ3) is 5.46. The highest BCUT2D eigenvalue weighted by atomic mass is 16.6. The largest absolute Gasteiger partial charge is 0.363 e. The SMILES string of the molecule is CCCN=CC(O)OC. The topological polar surface area (TPSA) is 41.8 Å². The molecule has 1 atom stereocenters. The molecular weight excluding hydrogens is 118 g/mol. The van der Waals surface area contributed by atoms with E-state index in [9.17, 15) is 0 Å². The van der Waals surface area contributed by atoms with Crippen molar-refractivity contribution in [2.24, 2.45) is 4.99 Å². The normalized spacial score (nSPS) is 14.6. The molecule has 1 N–H and O–H groups in total. The molecule has 0 radical (unpaired) electrons. The first-order valence-corrected chi connectivity index (χ1v) is 3.02. The van der Waals surface area contributed by atoms with E-state index >= 15 is 0 Å². The van der Waals surface area contributed by atoms with E-state index in [2.05, 4.69) is 9.73 Å². The van der Waals surface area contributed by atoms with Crippen LogP contribution in [0.5, 0.6) is 0 Å². The first-order valence-electron chi connectivity index (χ1n) is 3.02. The molecule has 9 heavy (non-hydrogen) atoms. The number of aliphatic imine (C=N–C) groups is 1. The number of methoxy groups -OCH3 is 1. The molecule has 0 rings (SSSR count). The smallest absolute Gasteiger partial charge is 0.190 e. The van der Waals surface area contributed by atoms with Crippen LogP contribution < -0.4 is 0 Å². The zero-order valence-electron chi connectivity index (χ0n) is 5.87. The van der Waals surface area contributed by atoms with Crippen molar-refractivity contribution in [1.29, 1.82) is 0 Å². The van der Waals surface area contributed by atoms with Crippen molar-refractivity contribution in [2.45, 2.75) is 19.6 Å². The van der Waals surface area contributed by atoms with Gasteiger partial charge in [-0.3, -0.25) is 4.99 Å². The van der Waals surface area contributed by atoms with Crippen LogP contribution in [0.3, 0.4) is 0 Å². The molecule has 0 amide bonds. The summed E-state index contributed by atoms with van der Waals surface area (Å²) in [4.78, 5) is 3.86. The number of aliphatic hydroxyl groups is 1. The Morgan fingerprint density at radius 1 is 1.78 bits per heavy atom. The fourth-order valence-electron chi connectivity index (χ4n) is 0.355. The first kappa shape index (κ1) is 8.59. The predicted octanol–water partition coefficient (Wildman–Crippen LogP) is 0.432. The van der Waals surface area contributed by atoms with Crippen LogP contribution in [-0.4, -0.2) is 31.3 Å². The Labute approximate surface area is 55.4 Å². The van der Waals surface area contributed by atoms with Crippen molar-refractivity contribution in [3.8, 4) is 0 Å². The van der Waals surface area contributed by atoms with Crippen LogP contribution >= 0.6 is 0 Å². The van der Waals surface area contributed by atoms with Gasteiger partial charge in [-0.2, -0.15) is 0 Å². The number of hydrogen-bond acceptors (Lipinski definition) is 3. The van der Waals surface area contributed by atoms with Gasteiger partial charge in [0.25, 0.3) is 0 Å². The van der Waals surface area contributed by atoms with E-state index in [-0.39, 0.29) is 0 Å². The summed E-state index contributed by atoms with van der Waals surface area (Å²) in [6.07, 6.45) is 1.55. The Hall–Kier alpha value is -0.410. The minimum absolute atomic E-state index is 0.750. The lowest BCUT2D eigenvalue weighted by atomic mass is 10.5. The lowest BCUT2D eigenvalue weighted by Gasteiger charge is -1.98. The molecule has 0 saturated heterocycles. The molecule has 0 spiro atoms. The average molecular weight is 131 g/mol. The van der Waals surface area contributed by atoms with Gasteiger partial charge in [0.15, 0.2) is 6.29 Å². The van der Waals surface area contributed by atoms with E-state index in [1.165, 1.54) is 13.3 Å². The highest BCUT2D eigenvalue weighted by Gasteiger charge is 1.90. The Morgan fingerprint density at radius 3 is 2.89 bits per heavy atom. The minimum Gasteiger partial charge on any atom is -0.363 e. The molecule has 54 valence electrons. The first-order chi connectivity index (χ1) is 4.31. The predicted molar refractivity (Wildman–Crippen MR) is 36.7 cm³/mol. The van der Waals surface area contributed by atoms with Crippen LogP contribution in [0.1, 0.15) is 13.3 Å². The monoisotopic (exact) mass is 131 g/mol. The number of rotatable bonds is 4. The maximum atomic E-state index is 8.71. The van der Waals surface area contributed by atoms with Gasteiger partial charge in [-0.05, 0) is 6.42 Å². The van der Waals surface area contributed by atoms with Crippen LogP contribution in [0.4, 0.5) is 0 Å². The zero-order chi connectivity index (χ0) is 7.11. The highest BCUT2D eigenvalue weighted by molar-refractivity contribution is 5.60. The summed E-state index contributed by atoms with van der Waals surface area (Å²) in [5.41, 5.74) is 0. The number of aliphatic hydroxyl groups excluding tert-OH is 1. The van der Waals surface area contributed by atoms with Crippen molar-refractivity contribution in [1.82, 2.24) is 0 Å². The van der Waals surface area contributed by atoms with Gasteiger partial charge in [0.2, 0.25) is 0 Å². The molecule has 0 saturated carbocycles. The van der Waals surface area contributed by atoms with Gasteiger partial charge in [0, 0.05) is 13.7 Å². The zero-order valence-corrected chi connectivity index (χ0v) is 5.87. The third-order valence-corrected chi connectivity index (χ3v) is 0.827. The quantitative estimate of drug-likeness (QED) is 0.444. The van der Waals surface area contributed by atoms with Gasteiger partial charge < -0.3 is 9.84 Å². The maximum Gasteiger partial charge on any atom is 0.190 e. The fourth-order valence-corrected chi connectivity index (χ4v) is 0.355. The molecule has 0 bridgehead atoms. The Balaban J connectivity index is 3.20. The molecule has 0 aliphatic carbocycles. The Bertz CT molecular complexity index is 83.1. The second kappa shape index (κ2) is 5.72. The summed E-state index contributed by atoms with van der Waals surface area (Å²) in [7, 11) is 1.43. The van der Waals surface area contributed by atoms with Crippen LogP contribution in [0.15, 0.2) is 4.99 Å². The second-order valence-corrected chi connectivity index (χ2v) is 1.68. The third-order valence-electron chi connectivity index (χ3n) is 0.827. The Morgan fingerprint density at radius 2 is 2.44 bits per heavy atom. The van der Waals surface area contributed by atoms with Crippen LogP contribution in [0.25, 0.3) is 0 Å². The van der Waals surface area contributed by atoms with Crippen LogP contribution in [-0.2, 0) is 4.74 Å². The molecular formula is C6H13NO2. The van der Waals surface area contributed by atoms with Crippen LogP contribution in [0, 0.1) is 0 Å². The van der Waals surface area contributed by atoms with E-state index in [1.54, 1.807) is 0 Å². The molecule has 0 aliphatic heterocycles. The molecule has 0 aromatic carbocycles. The van der Waals surface area contributed by atoms with Gasteiger partial charge in [0.05, 0.1) is 6.21 Å². The van der Waals surface area contributed by atoms with Gasteiger partial charge in [-0.15, -0.1) is 0 Å². The van der Waals surface area contributed by atoms with E-state index in [1.807, 2.05) is 6.92 Å². The van der Waals surface area contributed by atoms with E-state index in [4.69, 9.17) is 5.11 Å². The van der Waals surface area contributed by atoms with E-state index in [0.29, 0.717) is 0 Å². The average Bonchev–Trinajstić information content (AvgIpc) is 1.89. The van der Waals surface area contributed by atoms with Crippen molar-refractivity contribution in [2.75, 3.05) is 13.7 Å². The fraction of sp³-hybridized carbons (Fsp3) is 0.833. The summed E-state index contributed by atoms with van der Waals surface area (Å²) in [5.74, 6) is 0. The molecule has 3 nitrogen and oxygen atoms in total. The summed E-state index contributed by atoms with van der Waals surface area (Å²) < 4.78 is 4.50. The van der Waals surface area contributed by atoms with Gasteiger partial charge in [-0.25, -0.2) is 0 Å². The summed E-state index contributed by atoms with van der Waals surface area (Å²) >= 11 is 0. The van der Waals surface area contributed by atoms with Gasteiger partial charge in [0.1, 0.15) is 0 Å². The van der Waals surface area contributed by atoms with Crippen molar-refractivity contribution < 1.29 is 9.84 Å². The van der Waals surface area contributed by atoms with Gasteiger partial charge in [-0.1, -0.05) is 6.92 Å². The maximum absolute atomic E-state index is 8.71. The van der Waals surface area contributed by atoms with Crippen LogP contribution in [0.2, 0.25) is 0 Å². The Kier molecular flexibility index (Phi) is 5.46. The standard InChI is InChI=1S/C6H13NO2/c1-3-4-7-5-6(8)9-2/h5-6,8H,3-4H2,1-2H3. The molecule has 0 fully saturated rings. The highest BCUT2D eigenvalue weighted by Crippen LogP contribution is 1.80. The minimum atomic E-state index is -0.837. The molecule has 0 heterocycles. The summed E-state index contributed by atoms with van der Waals surface area (Å²) in [5, 5.41) is 8.71. The summed E-state index contributed by atoms with van der Waals surface area (Å²) in [6, 6.07) is 0. The van der Waals surface area contributed by atoms with E-state index in [0.717, 1.165) is 13.0 Å². The second-order valence-electron chi connectivity index (χ2n) is 1.68. The summed E-state index contributed by atoms with van der Waals surface area (Å²) in [6.45, 7) is 2.77. The number of hydrogen-bond donors (Lipinski definition) is 1. The molecule has 1 unspecified atom stereocenters. The van der Waals surface area contributed by atoms with E-state index < -0.39 is 6.29 Å². The molecule has 0 aliphatic rings. The number of nitrogens with zero attached hydrogens (tertiary/aromatic N) is 1. The van der Waals surface area contributed by atoms with Crippen molar-refractivity contribution >= 4 is 6.21 Å². The molecule has 3 heteroatoms. The molecule has 0 aromatic heterocycles. The molecule has 0 aromatic rings. The van der Waals surface area contributed by atoms with Crippen molar-refractivity contribution in [3.63, 3.8) is 0 Å². The van der Waals surface area contributed by atoms with Gasteiger partial charge >= 0.3 is 0 Å². The lowest BCUT2D eigenvalue weighted by Crippen LogP contribution is -2.10. The number of ether oxygens (including phenoxy) is 1. The van der Waals surface area contributed by atoms with Crippen molar-refractivity contribution in [3.05, 3.63) is 0 Å².